The fourth-order valence-electron chi connectivity index (χ4n) is 3.49. The van der Waals surface area contributed by atoms with Gasteiger partial charge in [-0.05, 0) is 57.2 Å². The summed E-state index contributed by atoms with van der Waals surface area (Å²) in [6.45, 7) is 7.11. The summed E-state index contributed by atoms with van der Waals surface area (Å²) < 4.78 is 5.53. The Morgan fingerprint density at radius 3 is 2.70 bits per heavy atom. The lowest BCUT2D eigenvalue weighted by molar-refractivity contribution is 0.0224. The van der Waals surface area contributed by atoms with Crippen LogP contribution in [0.4, 0.5) is 10.5 Å². The number of nitrogens with one attached hydrogen (secondary N) is 1. The predicted molar refractivity (Wildman–Crippen MR) is 92.7 cm³/mol. The SMILES string of the molecule is CC(C)(C)OC(=O)N1CCc2cccc(NC3CCCC3)c2C1. The van der Waals surface area contributed by atoms with Gasteiger partial charge in [0, 0.05) is 18.3 Å². The fraction of sp³-hybridized carbons (Fsp3) is 0.632. The van der Waals surface area contributed by atoms with Crippen LogP contribution in [0.5, 0.6) is 0 Å². The van der Waals surface area contributed by atoms with Crippen molar-refractivity contribution in [1.29, 1.82) is 0 Å². The second-order valence-corrected chi connectivity index (χ2v) is 7.72. The van der Waals surface area contributed by atoms with E-state index in [2.05, 4.69) is 23.5 Å². The van der Waals surface area contributed by atoms with Crippen LogP contribution in [-0.4, -0.2) is 29.2 Å². The molecule has 3 rings (SSSR count). The fourth-order valence-corrected chi connectivity index (χ4v) is 3.49. The number of amides is 1. The average molecular weight is 316 g/mol. The standard InChI is InChI=1S/C19H28N2O2/c1-19(2,3)23-18(22)21-12-11-14-7-6-10-17(16(14)13-21)20-15-8-4-5-9-15/h6-7,10,15,20H,4-5,8-9,11-13H2,1-3H3. The van der Waals surface area contributed by atoms with E-state index in [9.17, 15) is 4.79 Å². The Morgan fingerprint density at radius 1 is 1.26 bits per heavy atom. The molecule has 1 aliphatic carbocycles. The van der Waals surface area contributed by atoms with Gasteiger partial charge in [-0.3, -0.25) is 0 Å². The van der Waals surface area contributed by atoms with Crippen LogP contribution < -0.4 is 5.32 Å². The summed E-state index contributed by atoms with van der Waals surface area (Å²) >= 11 is 0. The van der Waals surface area contributed by atoms with Gasteiger partial charge in [0.2, 0.25) is 0 Å². The van der Waals surface area contributed by atoms with Crippen LogP contribution in [0.25, 0.3) is 0 Å². The van der Waals surface area contributed by atoms with E-state index in [-0.39, 0.29) is 6.09 Å². The van der Waals surface area contributed by atoms with E-state index >= 15 is 0 Å². The monoisotopic (exact) mass is 316 g/mol. The highest BCUT2D eigenvalue weighted by Gasteiger charge is 2.27. The van der Waals surface area contributed by atoms with Gasteiger partial charge in [0.25, 0.3) is 0 Å². The van der Waals surface area contributed by atoms with Gasteiger partial charge in [-0.25, -0.2) is 4.79 Å². The minimum absolute atomic E-state index is 0.209. The Labute approximate surface area is 139 Å². The maximum absolute atomic E-state index is 12.4. The summed E-state index contributed by atoms with van der Waals surface area (Å²) in [5.41, 5.74) is 3.37. The second-order valence-electron chi connectivity index (χ2n) is 7.72. The number of hydrogen-bond acceptors (Lipinski definition) is 3. The molecule has 0 bridgehead atoms. The van der Waals surface area contributed by atoms with Crippen molar-refractivity contribution >= 4 is 11.8 Å². The van der Waals surface area contributed by atoms with Gasteiger partial charge in [-0.2, -0.15) is 0 Å². The first-order valence-corrected chi connectivity index (χ1v) is 8.77. The highest BCUT2D eigenvalue weighted by molar-refractivity contribution is 5.70. The lowest BCUT2D eigenvalue weighted by Gasteiger charge is -2.32. The van der Waals surface area contributed by atoms with E-state index < -0.39 is 5.60 Å². The number of rotatable bonds is 2. The molecule has 1 heterocycles. The molecule has 1 aromatic rings. The van der Waals surface area contributed by atoms with Crippen molar-refractivity contribution in [3.63, 3.8) is 0 Å². The predicted octanol–water partition coefficient (Wildman–Crippen LogP) is 4.33. The van der Waals surface area contributed by atoms with Crippen LogP contribution in [-0.2, 0) is 17.7 Å². The number of carbonyl (C=O) groups is 1. The third-order valence-electron chi connectivity index (χ3n) is 4.64. The van der Waals surface area contributed by atoms with E-state index in [1.165, 1.54) is 42.5 Å². The highest BCUT2D eigenvalue weighted by Crippen LogP contribution is 2.30. The Kier molecular flexibility index (Phi) is 4.51. The van der Waals surface area contributed by atoms with E-state index in [4.69, 9.17) is 4.74 Å². The van der Waals surface area contributed by atoms with E-state index in [1.807, 2.05) is 25.7 Å². The van der Waals surface area contributed by atoms with E-state index in [0.717, 1.165) is 13.0 Å². The molecule has 0 radical (unpaired) electrons. The Hall–Kier alpha value is -1.71. The molecule has 0 spiro atoms. The number of carbonyl (C=O) groups excluding carboxylic acids is 1. The van der Waals surface area contributed by atoms with Crippen molar-refractivity contribution < 1.29 is 9.53 Å². The summed E-state index contributed by atoms with van der Waals surface area (Å²) in [6, 6.07) is 7.04. The van der Waals surface area contributed by atoms with Crippen LogP contribution in [0.3, 0.4) is 0 Å². The smallest absolute Gasteiger partial charge is 0.410 e. The van der Waals surface area contributed by atoms with Gasteiger partial charge in [-0.1, -0.05) is 25.0 Å². The number of fused-ring (bicyclic) bond motifs is 1. The van der Waals surface area contributed by atoms with E-state index in [1.54, 1.807) is 0 Å². The average Bonchev–Trinajstić information content (AvgIpc) is 2.98. The van der Waals surface area contributed by atoms with Gasteiger partial charge in [-0.15, -0.1) is 0 Å². The topological polar surface area (TPSA) is 41.6 Å². The van der Waals surface area contributed by atoms with E-state index in [0.29, 0.717) is 12.6 Å². The lowest BCUT2D eigenvalue weighted by atomic mass is 9.97. The maximum Gasteiger partial charge on any atom is 0.410 e. The quantitative estimate of drug-likeness (QED) is 0.882. The molecule has 1 amide bonds. The molecule has 2 aliphatic rings. The lowest BCUT2D eigenvalue weighted by Crippen LogP contribution is -2.40. The van der Waals surface area contributed by atoms with Crippen molar-refractivity contribution in [2.45, 2.75) is 71.1 Å². The number of anilines is 1. The van der Waals surface area contributed by atoms with Gasteiger partial charge in [0.15, 0.2) is 0 Å². The molecular formula is C19H28N2O2. The summed E-state index contributed by atoms with van der Waals surface area (Å²) in [5, 5.41) is 3.70. The van der Waals surface area contributed by atoms with Crippen molar-refractivity contribution in [2.24, 2.45) is 0 Å². The normalized spacial score (nSPS) is 18.7. The van der Waals surface area contributed by atoms with Gasteiger partial charge < -0.3 is 15.0 Å². The zero-order chi connectivity index (χ0) is 16.4. The molecule has 1 fully saturated rings. The van der Waals surface area contributed by atoms with Crippen LogP contribution in [0.2, 0.25) is 0 Å². The third-order valence-corrected chi connectivity index (χ3v) is 4.64. The van der Waals surface area contributed by atoms with Crippen molar-refractivity contribution in [3.8, 4) is 0 Å². The van der Waals surface area contributed by atoms with Crippen LogP contribution in [0, 0.1) is 0 Å². The Bertz CT molecular complexity index is 571. The molecule has 0 unspecified atom stereocenters. The molecule has 1 aliphatic heterocycles. The summed E-state index contributed by atoms with van der Waals surface area (Å²) in [4.78, 5) is 14.2. The first-order chi connectivity index (χ1) is 10.9. The molecule has 23 heavy (non-hydrogen) atoms. The maximum atomic E-state index is 12.4. The summed E-state index contributed by atoms with van der Waals surface area (Å²) in [6.07, 6.45) is 5.82. The molecule has 1 saturated carbocycles. The minimum atomic E-state index is -0.445. The van der Waals surface area contributed by atoms with Crippen LogP contribution in [0.1, 0.15) is 57.6 Å². The van der Waals surface area contributed by atoms with Crippen molar-refractivity contribution in [1.82, 2.24) is 4.90 Å². The molecule has 4 heteroatoms. The number of ether oxygens (including phenoxy) is 1. The second kappa shape index (κ2) is 6.42. The Morgan fingerprint density at radius 2 is 2.00 bits per heavy atom. The molecule has 0 saturated heterocycles. The zero-order valence-electron chi connectivity index (χ0n) is 14.5. The van der Waals surface area contributed by atoms with Gasteiger partial charge in [0.1, 0.15) is 5.60 Å². The summed E-state index contributed by atoms with van der Waals surface area (Å²) in [5.74, 6) is 0. The Balaban J connectivity index is 1.74. The first kappa shape index (κ1) is 16.2. The largest absolute Gasteiger partial charge is 0.444 e. The summed E-state index contributed by atoms with van der Waals surface area (Å²) in [7, 11) is 0. The number of hydrogen-bond donors (Lipinski definition) is 1. The molecule has 1 N–H and O–H groups in total. The molecule has 4 nitrogen and oxygen atoms in total. The molecule has 126 valence electrons. The number of benzene rings is 1. The third kappa shape index (κ3) is 3.98. The van der Waals surface area contributed by atoms with Crippen molar-refractivity contribution in [3.05, 3.63) is 29.3 Å². The molecular weight excluding hydrogens is 288 g/mol. The minimum Gasteiger partial charge on any atom is -0.444 e. The van der Waals surface area contributed by atoms with Crippen LogP contribution in [0.15, 0.2) is 18.2 Å². The molecule has 0 aromatic heterocycles. The molecule has 0 atom stereocenters. The zero-order valence-corrected chi connectivity index (χ0v) is 14.5. The van der Waals surface area contributed by atoms with Crippen molar-refractivity contribution in [2.75, 3.05) is 11.9 Å². The molecule has 1 aromatic carbocycles. The van der Waals surface area contributed by atoms with Gasteiger partial charge in [0.05, 0.1) is 6.54 Å². The van der Waals surface area contributed by atoms with Gasteiger partial charge >= 0.3 is 6.09 Å². The highest BCUT2D eigenvalue weighted by atomic mass is 16.6. The number of nitrogens with zero attached hydrogens (tertiary/aromatic N) is 1. The van der Waals surface area contributed by atoms with Crippen LogP contribution >= 0.6 is 0 Å². The first-order valence-electron chi connectivity index (χ1n) is 8.77.